The first kappa shape index (κ1) is 35.2. The van der Waals surface area contributed by atoms with Crippen molar-refractivity contribution in [3.05, 3.63) is 0 Å². The van der Waals surface area contributed by atoms with Crippen LogP contribution in [0.2, 0.25) is 0 Å². The molecular formula is C10HF21I2. The van der Waals surface area contributed by atoms with Gasteiger partial charge in [-0.2, -0.15) is 92.2 Å². The second-order valence-corrected chi connectivity index (χ2v) is 6.95. The van der Waals surface area contributed by atoms with Crippen LogP contribution in [0.3, 0.4) is 0 Å². The van der Waals surface area contributed by atoms with Gasteiger partial charge in [0.2, 0.25) is 0 Å². The number of alkyl halides is 22. The molecule has 33 heavy (non-hydrogen) atoms. The predicted octanol–water partition coefficient (Wildman–Crippen LogP) is 8.28. The molecule has 202 valence electrons. The molecule has 0 rings (SSSR count). The highest BCUT2D eigenvalue weighted by Gasteiger charge is 2.97. The summed E-state index contributed by atoms with van der Waals surface area (Å²) >= 11 is -1.14. The summed E-state index contributed by atoms with van der Waals surface area (Å²) in [5, 5.41) is 0. The van der Waals surface area contributed by atoms with Crippen molar-refractivity contribution in [1.82, 2.24) is 0 Å². The average Bonchev–Trinajstić information content (AvgIpc) is 2.51. The third-order valence-corrected chi connectivity index (χ3v) is 4.15. The predicted molar refractivity (Wildman–Crippen MR) is 80.0 cm³/mol. The smallest absolute Gasteiger partial charge is 0.192 e. The van der Waals surface area contributed by atoms with Gasteiger partial charge in [-0.25, -0.2) is 0 Å². The first-order chi connectivity index (χ1) is 13.2. The second-order valence-electron chi connectivity index (χ2n) is 5.59. The second kappa shape index (κ2) is 8.54. The van der Waals surface area contributed by atoms with Crippen LogP contribution in [0.4, 0.5) is 92.2 Å². The Hall–Kier alpha value is -0.0100. The van der Waals surface area contributed by atoms with Crippen LogP contribution < -0.4 is 0 Å². The largest absolute Gasteiger partial charge is 0.460 e. The van der Waals surface area contributed by atoms with Gasteiger partial charge >= 0.3 is 57.5 Å². The van der Waals surface area contributed by atoms with Crippen LogP contribution in [0.5, 0.6) is 0 Å². The van der Waals surface area contributed by atoms with Gasteiger partial charge in [-0.15, -0.1) is 24.0 Å². The number of hydrogen-bond donors (Lipinski definition) is 0. The molecule has 0 aliphatic carbocycles. The molecule has 0 heterocycles. The summed E-state index contributed by atoms with van der Waals surface area (Å²) in [4.78, 5) is 0. The van der Waals surface area contributed by atoms with Gasteiger partial charge in [-0.1, -0.05) is 0 Å². The topological polar surface area (TPSA) is 0 Å². The lowest BCUT2D eigenvalue weighted by atomic mass is 9.87. The lowest BCUT2D eigenvalue weighted by Crippen LogP contribution is -2.76. The van der Waals surface area contributed by atoms with E-state index in [0.717, 1.165) is 0 Å². The summed E-state index contributed by atoms with van der Waals surface area (Å²) in [7, 11) is 0. The van der Waals surface area contributed by atoms with E-state index in [1.807, 2.05) is 0 Å². The van der Waals surface area contributed by atoms with Crippen molar-refractivity contribution < 1.29 is 92.2 Å². The van der Waals surface area contributed by atoms with Crippen LogP contribution in [0.1, 0.15) is 0 Å². The lowest BCUT2D eigenvalue weighted by Gasteiger charge is -2.44. The molecule has 0 aromatic heterocycles. The van der Waals surface area contributed by atoms with Gasteiger partial charge in [0, 0.05) is 22.6 Å². The van der Waals surface area contributed by atoms with Crippen LogP contribution in [0.15, 0.2) is 0 Å². The Morgan fingerprint density at radius 3 is 0.576 bits per heavy atom. The summed E-state index contributed by atoms with van der Waals surface area (Å²) in [5.41, 5.74) is 0. The molecular weight excluding hydrogens is 773 g/mol. The molecule has 0 aromatic rings. The maximum atomic E-state index is 13.2. The summed E-state index contributed by atoms with van der Waals surface area (Å²) in [6.45, 7) is 0. The van der Waals surface area contributed by atoms with E-state index >= 15 is 0 Å². The van der Waals surface area contributed by atoms with E-state index in [1.54, 1.807) is 0 Å². The van der Waals surface area contributed by atoms with Gasteiger partial charge in [0.05, 0.1) is 0 Å². The molecule has 0 aromatic carbocycles. The molecule has 23 heteroatoms. The molecule has 0 atom stereocenters. The molecule has 0 nitrogen and oxygen atoms in total. The Morgan fingerprint density at radius 2 is 0.424 bits per heavy atom. The monoisotopic (exact) mass is 774 g/mol. The third kappa shape index (κ3) is 4.39. The van der Waals surface area contributed by atoms with E-state index in [-0.39, 0.29) is 24.0 Å². The van der Waals surface area contributed by atoms with Gasteiger partial charge < -0.3 is 0 Å². The maximum Gasteiger partial charge on any atom is 0.460 e. The zero-order valence-electron chi connectivity index (χ0n) is 13.7. The zero-order chi connectivity index (χ0) is 27.0. The third-order valence-electron chi connectivity index (χ3n) is 3.47. The van der Waals surface area contributed by atoms with Crippen LogP contribution in [0.25, 0.3) is 0 Å². The Balaban J connectivity index is 0. The number of halogens is 23. The standard InChI is InChI=1S/C10F21I.HI/c11-1(12,3(15,16)5(19,20)7(23,24)9(27,28)29)2(13,14)4(17,18)6(21,22)8(25,26)10(30,31)32;/h;1H. The maximum absolute atomic E-state index is 13.2. The summed E-state index contributed by atoms with van der Waals surface area (Å²) < 4.78 is 261. The first-order valence-electron chi connectivity index (χ1n) is 6.41. The fourth-order valence-corrected chi connectivity index (χ4v) is 1.88. The average molecular weight is 774 g/mol. The van der Waals surface area contributed by atoms with E-state index in [0.29, 0.717) is 0 Å². The molecule has 0 aliphatic heterocycles. The van der Waals surface area contributed by atoms with Crippen molar-refractivity contribution in [3.8, 4) is 0 Å². The van der Waals surface area contributed by atoms with Crippen molar-refractivity contribution in [2.24, 2.45) is 0 Å². The highest BCUT2D eigenvalue weighted by Crippen LogP contribution is 2.66. The van der Waals surface area contributed by atoms with E-state index in [9.17, 15) is 92.2 Å². The molecule has 0 fully saturated rings. The summed E-state index contributed by atoms with van der Waals surface area (Å²) in [6, 6.07) is 0. The van der Waals surface area contributed by atoms with Gasteiger partial charge in [0.25, 0.3) is 0 Å². The number of hydrogen-bond acceptors (Lipinski definition) is 0. The van der Waals surface area contributed by atoms with Gasteiger partial charge in [-0.05, 0) is 0 Å². The van der Waals surface area contributed by atoms with Crippen molar-refractivity contribution in [2.75, 3.05) is 0 Å². The molecule has 0 bridgehead atoms. The summed E-state index contributed by atoms with van der Waals surface area (Å²) in [6.07, 6.45) is -7.98. The minimum absolute atomic E-state index is 0. The fraction of sp³-hybridized carbons (Fsp3) is 1.00. The van der Waals surface area contributed by atoms with E-state index in [2.05, 4.69) is 0 Å². The summed E-state index contributed by atoms with van der Waals surface area (Å²) in [5.74, 6) is -69.7. The normalized spacial score (nSPS) is 16.5. The molecule has 0 saturated carbocycles. The van der Waals surface area contributed by atoms with E-state index in [1.165, 1.54) is 0 Å². The molecule has 0 N–H and O–H groups in total. The van der Waals surface area contributed by atoms with Crippen molar-refractivity contribution in [3.63, 3.8) is 0 Å². The van der Waals surface area contributed by atoms with Crippen LogP contribution in [-0.4, -0.2) is 57.5 Å². The minimum Gasteiger partial charge on any atom is -0.192 e. The van der Waals surface area contributed by atoms with Gasteiger partial charge in [0.1, 0.15) is 0 Å². The molecule has 0 unspecified atom stereocenters. The zero-order valence-corrected chi connectivity index (χ0v) is 18.2. The van der Waals surface area contributed by atoms with Crippen LogP contribution in [-0.2, 0) is 0 Å². The molecule has 0 spiro atoms. The van der Waals surface area contributed by atoms with E-state index in [4.69, 9.17) is 0 Å². The molecule has 0 radical (unpaired) electrons. The van der Waals surface area contributed by atoms with E-state index < -0.39 is 80.1 Å². The Labute approximate surface area is 196 Å². The highest BCUT2D eigenvalue weighted by atomic mass is 127. The Kier molecular flexibility index (Phi) is 9.09. The quantitative estimate of drug-likeness (QED) is 0.133. The SMILES string of the molecule is FC(F)(F)C(F)(F)C(F)(F)C(F)(F)C(F)(F)C(F)(F)C(F)(F)C(F)(F)C(F)(F)C(F)(F)I.I. The fourth-order valence-electron chi connectivity index (χ4n) is 1.54. The Morgan fingerprint density at radius 1 is 0.273 bits per heavy atom. The molecule has 0 amide bonds. The van der Waals surface area contributed by atoms with Gasteiger partial charge in [0.15, 0.2) is 0 Å². The number of rotatable bonds is 8. The minimum atomic E-state index is -9.12. The van der Waals surface area contributed by atoms with Crippen LogP contribution in [0, 0.1) is 0 Å². The Bertz CT molecular complexity index is 637. The van der Waals surface area contributed by atoms with Crippen molar-refractivity contribution >= 4 is 46.6 Å². The van der Waals surface area contributed by atoms with Crippen LogP contribution >= 0.6 is 46.6 Å². The lowest BCUT2D eigenvalue weighted by molar-refractivity contribution is -0.471. The molecule has 0 saturated heterocycles. The van der Waals surface area contributed by atoms with Crippen molar-refractivity contribution in [1.29, 1.82) is 0 Å². The van der Waals surface area contributed by atoms with Gasteiger partial charge in [-0.3, -0.25) is 0 Å². The van der Waals surface area contributed by atoms with Crippen molar-refractivity contribution in [2.45, 2.75) is 57.5 Å². The molecule has 0 aliphatic rings. The highest BCUT2D eigenvalue weighted by molar-refractivity contribution is 14.1. The first-order valence-corrected chi connectivity index (χ1v) is 7.49.